The summed E-state index contributed by atoms with van der Waals surface area (Å²) in [6.45, 7) is 4.78. The lowest BCUT2D eigenvalue weighted by molar-refractivity contribution is 0.512. The number of fused-ring (bicyclic) bond motifs is 2. The zero-order chi connectivity index (χ0) is 18.5. The predicted molar refractivity (Wildman–Crippen MR) is 100.0 cm³/mol. The Bertz CT molecular complexity index is 1140. The number of hydrogen-bond donors (Lipinski definition) is 0. The quantitative estimate of drug-likeness (QED) is 0.708. The molecule has 1 aliphatic heterocycles. The maximum absolute atomic E-state index is 13.3. The molecule has 3 aromatic rings. The average Bonchev–Trinajstić information content (AvgIpc) is 2.94. The second-order valence-electron chi connectivity index (χ2n) is 6.72. The molecule has 0 amide bonds. The molecule has 0 spiro atoms. The van der Waals surface area contributed by atoms with Gasteiger partial charge in [0.05, 0.1) is 16.1 Å². The molecule has 1 unspecified atom stereocenters. The SMILES string of the molecule is CCn1c(=O)oc2cc(S(=O)(=O)N3CC(C)Cc4ccccc43)ccc21. The van der Waals surface area contributed by atoms with Crippen LogP contribution in [0.4, 0.5) is 5.69 Å². The molecule has 0 saturated heterocycles. The van der Waals surface area contributed by atoms with Gasteiger partial charge in [-0.25, -0.2) is 13.2 Å². The second-order valence-corrected chi connectivity index (χ2v) is 8.58. The Kier molecular flexibility index (Phi) is 3.91. The Morgan fingerprint density at radius 3 is 2.73 bits per heavy atom. The Morgan fingerprint density at radius 2 is 1.96 bits per heavy atom. The van der Waals surface area contributed by atoms with Crippen molar-refractivity contribution in [2.24, 2.45) is 5.92 Å². The monoisotopic (exact) mass is 372 g/mol. The molecule has 6 nitrogen and oxygen atoms in total. The third kappa shape index (κ3) is 2.54. The normalized spacial score (nSPS) is 17.5. The summed E-state index contributed by atoms with van der Waals surface area (Å²) >= 11 is 0. The van der Waals surface area contributed by atoms with E-state index in [0.29, 0.717) is 18.6 Å². The molecular formula is C19H20N2O4S. The van der Waals surface area contributed by atoms with Gasteiger partial charge in [0.1, 0.15) is 0 Å². The van der Waals surface area contributed by atoms with Crippen LogP contribution in [-0.2, 0) is 23.0 Å². The van der Waals surface area contributed by atoms with E-state index >= 15 is 0 Å². The number of anilines is 1. The molecular weight excluding hydrogens is 352 g/mol. The van der Waals surface area contributed by atoms with Crippen LogP contribution in [0.5, 0.6) is 0 Å². The third-order valence-corrected chi connectivity index (χ3v) is 6.63. The molecule has 136 valence electrons. The van der Waals surface area contributed by atoms with Gasteiger partial charge in [-0.15, -0.1) is 0 Å². The summed E-state index contributed by atoms with van der Waals surface area (Å²) in [7, 11) is -3.75. The highest BCUT2D eigenvalue weighted by molar-refractivity contribution is 7.92. The first kappa shape index (κ1) is 16.9. The van der Waals surface area contributed by atoms with Crippen LogP contribution < -0.4 is 10.1 Å². The van der Waals surface area contributed by atoms with E-state index in [1.807, 2.05) is 38.1 Å². The lowest BCUT2D eigenvalue weighted by Crippen LogP contribution is -2.39. The van der Waals surface area contributed by atoms with Gasteiger partial charge >= 0.3 is 5.76 Å². The maximum Gasteiger partial charge on any atom is 0.419 e. The summed E-state index contributed by atoms with van der Waals surface area (Å²) in [4.78, 5) is 12.0. The highest BCUT2D eigenvalue weighted by Crippen LogP contribution is 2.34. The molecule has 4 rings (SSSR count). The van der Waals surface area contributed by atoms with Gasteiger partial charge in [-0.3, -0.25) is 8.87 Å². The lowest BCUT2D eigenvalue weighted by Gasteiger charge is -2.33. The van der Waals surface area contributed by atoms with Crippen LogP contribution >= 0.6 is 0 Å². The largest absolute Gasteiger partial charge is 0.419 e. The minimum Gasteiger partial charge on any atom is -0.408 e. The van der Waals surface area contributed by atoms with Crippen LogP contribution in [-0.4, -0.2) is 19.5 Å². The highest BCUT2D eigenvalue weighted by Gasteiger charge is 2.32. The topological polar surface area (TPSA) is 72.5 Å². The Morgan fingerprint density at radius 1 is 1.19 bits per heavy atom. The number of nitrogens with zero attached hydrogens (tertiary/aromatic N) is 2. The second kappa shape index (κ2) is 6.02. The summed E-state index contributed by atoms with van der Waals surface area (Å²) in [5, 5.41) is 0. The molecule has 1 aromatic heterocycles. The lowest BCUT2D eigenvalue weighted by atomic mass is 9.96. The van der Waals surface area contributed by atoms with Crippen molar-refractivity contribution in [2.45, 2.75) is 31.7 Å². The van der Waals surface area contributed by atoms with Gasteiger partial charge in [-0.1, -0.05) is 25.1 Å². The van der Waals surface area contributed by atoms with Crippen molar-refractivity contribution in [3.05, 3.63) is 58.6 Å². The summed E-state index contributed by atoms with van der Waals surface area (Å²) in [6.07, 6.45) is 0.857. The van der Waals surface area contributed by atoms with Crippen molar-refractivity contribution < 1.29 is 12.8 Å². The fraction of sp³-hybridized carbons (Fsp3) is 0.316. The smallest absolute Gasteiger partial charge is 0.408 e. The van der Waals surface area contributed by atoms with Crippen LogP contribution in [0, 0.1) is 5.92 Å². The molecule has 26 heavy (non-hydrogen) atoms. The maximum atomic E-state index is 13.3. The van der Waals surface area contributed by atoms with Crippen LogP contribution in [0.2, 0.25) is 0 Å². The summed E-state index contributed by atoms with van der Waals surface area (Å²) in [6, 6.07) is 12.2. The number of aromatic nitrogens is 1. The Labute approximate surface area is 151 Å². The van der Waals surface area contributed by atoms with E-state index in [0.717, 1.165) is 17.7 Å². The molecule has 0 saturated carbocycles. The first-order valence-corrected chi connectivity index (χ1v) is 10.1. The standard InChI is InChI=1S/C19H20N2O4S/c1-3-20-17-9-8-15(11-18(17)25-19(20)22)26(23,24)21-12-13(2)10-14-6-4-5-7-16(14)21/h4-9,11,13H,3,10,12H2,1-2H3. The van der Waals surface area contributed by atoms with E-state index < -0.39 is 15.8 Å². The number of aryl methyl sites for hydroxylation is 1. The van der Waals surface area contributed by atoms with E-state index in [9.17, 15) is 13.2 Å². The van der Waals surface area contributed by atoms with E-state index in [2.05, 4.69) is 0 Å². The molecule has 1 aliphatic rings. The average molecular weight is 372 g/mol. The van der Waals surface area contributed by atoms with Crippen molar-refractivity contribution in [3.8, 4) is 0 Å². The van der Waals surface area contributed by atoms with Crippen LogP contribution in [0.15, 0.2) is 56.6 Å². The fourth-order valence-electron chi connectivity index (χ4n) is 3.61. The number of hydrogen-bond acceptors (Lipinski definition) is 4. The predicted octanol–water partition coefficient (Wildman–Crippen LogP) is 3.00. The number of oxazole rings is 1. The van der Waals surface area contributed by atoms with Crippen molar-refractivity contribution in [2.75, 3.05) is 10.8 Å². The molecule has 0 radical (unpaired) electrons. The third-order valence-electron chi connectivity index (χ3n) is 4.85. The number of para-hydroxylation sites is 1. The van der Waals surface area contributed by atoms with Gasteiger partial charge in [-0.05, 0) is 43.0 Å². The van der Waals surface area contributed by atoms with Crippen molar-refractivity contribution in [1.29, 1.82) is 0 Å². The molecule has 0 fully saturated rings. The van der Waals surface area contributed by atoms with Crippen LogP contribution in [0.3, 0.4) is 0 Å². The van der Waals surface area contributed by atoms with E-state index in [4.69, 9.17) is 4.42 Å². The minimum atomic E-state index is -3.75. The molecule has 0 aliphatic carbocycles. The molecule has 0 N–H and O–H groups in total. The van der Waals surface area contributed by atoms with Crippen molar-refractivity contribution in [1.82, 2.24) is 4.57 Å². The van der Waals surface area contributed by atoms with E-state index in [-0.39, 0.29) is 16.4 Å². The number of rotatable bonds is 3. The summed E-state index contributed by atoms with van der Waals surface area (Å²) < 4.78 is 34.8. The summed E-state index contributed by atoms with van der Waals surface area (Å²) in [5.41, 5.74) is 2.64. The molecule has 2 aromatic carbocycles. The van der Waals surface area contributed by atoms with Crippen molar-refractivity contribution in [3.63, 3.8) is 0 Å². The van der Waals surface area contributed by atoms with E-state index in [1.54, 1.807) is 12.1 Å². The zero-order valence-electron chi connectivity index (χ0n) is 14.7. The Balaban J connectivity index is 1.85. The van der Waals surface area contributed by atoms with Gasteiger partial charge in [0, 0.05) is 19.2 Å². The molecule has 7 heteroatoms. The van der Waals surface area contributed by atoms with Gasteiger partial charge in [-0.2, -0.15) is 0 Å². The first-order valence-electron chi connectivity index (χ1n) is 8.66. The molecule has 0 bridgehead atoms. The number of sulfonamides is 1. The van der Waals surface area contributed by atoms with Crippen LogP contribution in [0.25, 0.3) is 11.1 Å². The van der Waals surface area contributed by atoms with Gasteiger partial charge < -0.3 is 4.42 Å². The highest BCUT2D eigenvalue weighted by atomic mass is 32.2. The summed E-state index contributed by atoms with van der Waals surface area (Å²) in [5.74, 6) is -0.253. The molecule has 2 heterocycles. The Hall–Kier alpha value is -2.54. The van der Waals surface area contributed by atoms with Gasteiger partial charge in [0.2, 0.25) is 0 Å². The first-order chi connectivity index (χ1) is 12.4. The van der Waals surface area contributed by atoms with Gasteiger partial charge in [0.15, 0.2) is 5.58 Å². The van der Waals surface area contributed by atoms with E-state index in [1.165, 1.54) is 14.9 Å². The fourth-order valence-corrected chi connectivity index (χ4v) is 5.25. The zero-order valence-corrected chi connectivity index (χ0v) is 15.5. The minimum absolute atomic E-state index is 0.130. The van der Waals surface area contributed by atoms with Crippen molar-refractivity contribution >= 4 is 26.8 Å². The van der Waals surface area contributed by atoms with Gasteiger partial charge in [0.25, 0.3) is 10.0 Å². The molecule has 1 atom stereocenters. The number of benzene rings is 2. The van der Waals surface area contributed by atoms with Crippen LogP contribution in [0.1, 0.15) is 19.4 Å².